The zero-order valence-electron chi connectivity index (χ0n) is 15.3. The molecule has 1 unspecified atom stereocenters. The lowest BCUT2D eigenvalue weighted by molar-refractivity contribution is -0.120. The van der Waals surface area contributed by atoms with Crippen LogP contribution in [0.3, 0.4) is 0 Å². The van der Waals surface area contributed by atoms with E-state index >= 15 is 0 Å². The van der Waals surface area contributed by atoms with Crippen molar-refractivity contribution in [2.24, 2.45) is 0 Å². The first kappa shape index (κ1) is 18.1. The number of likely N-dealkylation sites (N-methyl/N-ethyl adjacent to an activating group) is 1. The van der Waals surface area contributed by atoms with Crippen molar-refractivity contribution in [3.05, 3.63) is 65.9 Å². The number of hydrogen-bond acceptors (Lipinski definition) is 4. The fourth-order valence-corrected chi connectivity index (χ4v) is 3.29. The van der Waals surface area contributed by atoms with Crippen molar-refractivity contribution < 1.29 is 9.32 Å². The van der Waals surface area contributed by atoms with Gasteiger partial charge in [0.1, 0.15) is 5.69 Å². The molecular weight excluding hydrogens is 326 g/mol. The minimum Gasteiger partial charge on any atom is -0.356 e. The van der Waals surface area contributed by atoms with Crippen LogP contribution in [0.4, 0.5) is 0 Å². The van der Waals surface area contributed by atoms with E-state index in [0.717, 1.165) is 18.5 Å². The number of nitrogens with one attached hydrogen (secondary N) is 1. The number of benzene rings is 2. The van der Waals surface area contributed by atoms with E-state index in [-0.39, 0.29) is 18.4 Å². The van der Waals surface area contributed by atoms with Crippen LogP contribution in [0.2, 0.25) is 0 Å². The molecule has 0 aliphatic rings. The van der Waals surface area contributed by atoms with Gasteiger partial charge in [0, 0.05) is 11.9 Å². The molecule has 0 bridgehead atoms. The number of carbonyl (C=O) groups is 1. The molecule has 0 radical (unpaired) electrons. The number of amides is 1. The molecule has 26 heavy (non-hydrogen) atoms. The Labute approximate surface area is 154 Å². The van der Waals surface area contributed by atoms with E-state index in [1.807, 2.05) is 42.5 Å². The van der Waals surface area contributed by atoms with Gasteiger partial charge in [-0.1, -0.05) is 61.5 Å². The van der Waals surface area contributed by atoms with Crippen molar-refractivity contribution in [1.82, 2.24) is 15.4 Å². The summed E-state index contributed by atoms with van der Waals surface area (Å²) in [5.74, 6) is -0.0443. The minimum atomic E-state index is -0.0443. The van der Waals surface area contributed by atoms with Crippen LogP contribution in [0, 0.1) is 0 Å². The van der Waals surface area contributed by atoms with Crippen LogP contribution in [0.1, 0.15) is 31.1 Å². The predicted octanol–water partition coefficient (Wildman–Crippen LogP) is 3.57. The molecule has 0 fully saturated rings. The average Bonchev–Trinajstić information content (AvgIpc) is 3.09. The molecule has 3 rings (SSSR count). The summed E-state index contributed by atoms with van der Waals surface area (Å²) in [6, 6.07) is 18.1. The Morgan fingerprint density at radius 3 is 2.50 bits per heavy atom. The van der Waals surface area contributed by atoms with E-state index in [0.29, 0.717) is 17.8 Å². The largest absolute Gasteiger partial charge is 0.356 e. The first-order chi connectivity index (χ1) is 12.7. The van der Waals surface area contributed by atoms with Gasteiger partial charge in [0.05, 0.1) is 12.5 Å². The topological polar surface area (TPSA) is 58.4 Å². The Kier molecular flexibility index (Phi) is 6.02. The molecule has 3 aromatic rings. The summed E-state index contributed by atoms with van der Waals surface area (Å²) < 4.78 is 5.28. The predicted molar refractivity (Wildman–Crippen MR) is 103 cm³/mol. The van der Waals surface area contributed by atoms with Crippen molar-refractivity contribution >= 4 is 16.9 Å². The number of hydrogen-bond donors (Lipinski definition) is 1. The molecule has 1 N–H and O–H groups in total. The highest BCUT2D eigenvalue weighted by atomic mass is 16.5. The Hall–Kier alpha value is -2.66. The smallest absolute Gasteiger partial charge is 0.226 e. The maximum absolute atomic E-state index is 12.5. The van der Waals surface area contributed by atoms with Gasteiger partial charge in [-0.25, -0.2) is 0 Å². The number of fused-ring (bicyclic) bond motifs is 1. The molecule has 1 heterocycles. The summed E-state index contributed by atoms with van der Waals surface area (Å²) in [6.07, 6.45) is 0.219. The molecule has 1 amide bonds. The normalized spacial score (nSPS) is 12.4. The van der Waals surface area contributed by atoms with Crippen molar-refractivity contribution in [2.45, 2.75) is 26.3 Å². The van der Waals surface area contributed by atoms with Gasteiger partial charge in [0.2, 0.25) is 5.91 Å². The number of nitrogens with zero attached hydrogens (tertiary/aromatic N) is 2. The van der Waals surface area contributed by atoms with Crippen molar-refractivity contribution in [3.8, 4) is 0 Å². The maximum Gasteiger partial charge on any atom is 0.226 e. The van der Waals surface area contributed by atoms with Crippen molar-refractivity contribution in [1.29, 1.82) is 0 Å². The van der Waals surface area contributed by atoms with Crippen LogP contribution in [0.5, 0.6) is 0 Å². The summed E-state index contributed by atoms with van der Waals surface area (Å²) in [5.41, 5.74) is 2.60. The summed E-state index contributed by atoms with van der Waals surface area (Å²) in [6.45, 7) is 6.71. The molecule has 0 saturated heterocycles. The summed E-state index contributed by atoms with van der Waals surface area (Å²) in [4.78, 5) is 14.8. The third kappa shape index (κ3) is 4.11. The molecular formula is C21H25N3O2. The van der Waals surface area contributed by atoms with Crippen LogP contribution < -0.4 is 5.32 Å². The SMILES string of the molecule is CCN(CC)C(CNC(=O)Cc1noc2ccccc12)c1ccccc1. The molecule has 2 aromatic carbocycles. The Morgan fingerprint density at radius 2 is 1.77 bits per heavy atom. The second-order valence-corrected chi connectivity index (χ2v) is 6.25. The third-order valence-electron chi connectivity index (χ3n) is 4.71. The molecule has 0 aliphatic carbocycles. The number of carbonyl (C=O) groups excluding carboxylic acids is 1. The summed E-state index contributed by atoms with van der Waals surface area (Å²) in [5, 5.41) is 8.01. The Morgan fingerprint density at radius 1 is 1.08 bits per heavy atom. The molecule has 1 atom stereocenters. The van der Waals surface area contributed by atoms with Gasteiger partial charge < -0.3 is 9.84 Å². The molecule has 1 aromatic heterocycles. The lowest BCUT2D eigenvalue weighted by Crippen LogP contribution is -2.38. The molecule has 0 saturated carbocycles. The van der Waals surface area contributed by atoms with Gasteiger partial charge in [-0.05, 0) is 30.8 Å². The van der Waals surface area contributed by atoms with Crippen LogP contribution in [0.15, 0.2) is 59.1 Å². The number of aromatic nitrogens is 1. The average molecular weight is 351 g/mol. The van der Waals surface area contributed by atoms with Crippen LogP contribution >= 0.6 is 0 Å². The van der Waals surface area contributed by atoms with Crippen molar-refractivity contribution in [2.75, 3.05) is 19.6 Å². The zero-order chi connectivity index (χ0) is 18.4. The first-order valence-corrected chi connectivity index (χ1v) is 9.11. The number of para-hydroxylation sites is 1. The van der Waals surface area contributed by atoms with E-state index in [2.05, 4.69) is 41.4 Å². The van der Waals surface area contributed by atoms with E-state index < -0.39 is 0 Å². The second kappa shape index (κ2) is 8.63. The molecule has 5 heteroatoms. The standard InChI is InChI=1S/C21H25N3O2/c1-3-24(4-2)19(16-10-6-5-7-11-16)15-22-21(25)14-18-17-12-8-9-13-20(17)26-23-18/h5-13,19H,3-4,14-15H2,1-2H3,(H,22,25). The first-order valence-electron chi connectivity index (χ1n) is 9.11. The van der Waals surface area contributed by atoms with E-state index in [9.17, 15) is 4.79 Å². The molecule has 0 spiro atoms. The zero-order valence-corrected chi connectivity index (χ0v) is 15.3. The summed E-state index contributed by atoms with van der Waals surface area (Å²) >= 11 is 0. The molecule has 5 nitrogen and oxygen atoms in total. The van der Waals surface area contributed by atoms with Crippen LogP contribution in [-0.4, -0.2) is 35.6 Å². The van der Waals surface area contributed by atoms with E-state index in [1.165, 1.54) is 5.56 Å². The fraction of sp³-hybridized carbons (Fsp3) is 0.333. The highest BCUT2D eigenvalue weighted by molar-refractivity contribution is 5.86. The van der Waals surface area contributed by atoms with Gasteiger partial charge >= 0.3 is 0 Å². The van der Waals surface area contributed by atoms with Gasteiger partial charge in [-0.3, -0.25) is 9.69 Å². The van der Waals surface area contributed by atoms with Gasteiger partial charge in [0.15, 0.2) is 5.58 Å². The van der Waals surface area contributed by atoms with Gasteiger partial charge in [0.25, 0.3) is 0 Å². The van der Waals surface area contributed by atoms with Crippen LogP contribution in [0.25, 0.3) is 11.0 Å². The molecule has 136 valence electrons. The summed E-state index contributed by atoms with van der Waals surface area (Å²) in [7, 11) is 0. The highest BCUT2D eigenvalue weighted by Crippen LogP contribution is 2.20. The quantitative estimate of drug-likeness (QED) is 0.674. The third-order valence-corrected chi connectivity index (χ3v) is 4.71. The highest BCUT2D eigenvalue weighted by Gasteiger charge is 2.19. The van der Waals surface area contributed by atoms with Crippen molar-refractivity contribution in [3.63, 3.8) is 0 Å². The Bertz CT molecular complexity index is 841. The number of rotatable bonds is 8. The van der Waals surface area contributed by atoms with E-state index in [1.54, 1.807) is 0 Å². The van der Waals surface area contributed by atoms with Gasteiger partial charge in [-0.15, -0.1) is 0 Å². The molecule has 0 aliphatic heterocycles. The monoisotopic (exact) mass is 351 g/mol. The lowest BCUT2D eigenvalue weighted by Gasteiger charge is -2.30. The van der Waals surface area contributed by atoms with E-state index in [4.69, 9.17) is 4.52 Å². The second-order valence-electron chi connectivity index (χ2n) is 6.25. The minimum absolute atomic E-state index is 0.0443. The lowest BCUT2D eigenvalue weighted by atomic mass is 10.0. The Balaban J connectivity index is 1.67. The maximum atomic E-state index is 12.5. The van der Waals surface area contributed by atoms with Crippen LogP contribution in [-0.2, 0) is 11.2 Å². The van der Waals surface area contributed by atoms with Gasteiger partial charge in [-0.2, -0.15) is 0 Å². The fourth-order valence-electron chi connectivity index (χ4n) is 3.29.